The molecule has 0 aromatic heterocycles. The molecule has 1 aromatic carbocycles. The zero-order valence-corrected chi connectivity index (χ0v) is 14.1. The highest BCUT2D eigenvalue weighted by Gasteiger charge is 2.30. The zero-order valence-electron chi connectivity index (χ0n) is 13.3. The molecule has 1 heterocycles. The number of hydrogen-bond donors (Lipinski definition) is 1. The van der Waals surface area contributed by atoms with E-state index in [1.165, 1.54) is 0 Å². The number of hydrogen-bond acceptors (Lipinski definition) is 4. The van der Waals surface area contributed by atoms with Gasteiger partial charge in [0.05, 0.1) is 4.90 Å². The molecule has 1 aliphatic rings. The Morgan fingerprint density at radius 2 is 1.67 bits per heavy atom. The number of nitrogen functional groups attached to an aromatic ring is 1. The number of sulfonamides is 1. The molecule has 21 heavy (non-hydrogen) atoms. The van der Waals surface area contributed by atoms with Crippen LogP contribution in [0.3, 0.4) is 0 Å². The van der Waals surface area contributed by atoms with Crippen molar-refractivity contribution in [2.24, 2.45) is 0 Å². The second-order valence-electron chi connectivity index (χ2n) is 6.01. The summed E-state index contributed by atoms with van der Waals surface area (Å²) < 4.78 is 27.3. The maximum atomic E-state index is 12.8. The van der Waals surface area contributed by atoms with E-state index in [0.717, 1.165) is 18.7 Å². The lowest BCUT2D eigenvalue weighted by Crippen LogP contribution is -2.50. The lowest BCUT2D eigenvalue weighted by Gasteiger charge is -2.36. The van der Waals surface area contributed by atoms with Crippen LogP contribution in [0, 0.1) is 13.8 Å². The second kappa shape index (κ2) is 5.94. The summed E-state index contributed by atoms with van der Waals surface area (Å²) in [5.74, 6) is 0. The lowest BCUT2D eigenvalue weighted by molar-refractivity contribution is 0.154. The fourth-order valence-corrected chi connectivity index (χ4v) is 4.48. The molecule has 0 spiro atoms. The molecule has 2 N–H and O–H groups in total. The molecular formula is C15H25N3O2S. The molecule has 0 amide bonds. The van der Waals surface area contributed by atoms with Crippen molar-refractivity contribution in [3.05, 3.63) is 23.3 Å². The van der Waals surface area contributed by atoms with Crippen LogP contribution in [0.25, 0.3) is 0 Å². The molecule has 1 aliphatic heterocycles. The Morgan fingerprint density at radius 3 is 2.19 bits per heavy atom. The minimum Gasteiger partial charge on any atom is -0.398 e. The molecule has 5 nitrogen and oxygen atoms in total. The largest absolute Gasteiger partial charge is 0.398 e. The summed E-state index contributed by atoms with van der Waals surface area (Å²) in [6, 6.07) is 3.98. The first-order chi connectivity index (χ1) is 9.73. The van der Waals surface area contributed by atoms with Gasteiger partial charge >= 0.3 is 0 Å². The Bertz CT molecular complexity index is 618. The van der Waals surface area contributed by atoms with Crippen molar-refractivity contribution in [2.75, 3.05) is 31.9 Å². The molecule has 2 rings (SSSR count). The third-order valence-electron chi connectivity index (χ3n) is 4.17. The van der Waals surface area contributed by atoms with Gasteiger partial charge in [0.2, 0.25) is 10.0 Å². The highest BCUT2D eigenvalue weighted by atomic mass is 32.2. The molecule has 0 saturated carbocycles. The van der Waals surface area contributed by atoms with Gasteiger partial charge in [-0.05, 0) is 51.0 Å². The van der Waals surface area contributed by atoms with E-state index >= 15 is 0 Å². The Labute approximate surface area is 127 Å². The Morgan fingerprint density at radius 1 is 1.10 bits per heavy atom. The van der Waals surface area contributed by atoms with Crippen molar-refractivity contribution in [2.45, 2.75) is 38.6 Å². The average molecular weight is 311 g/mol. The highest BCUT2D eigenvalue weighted by Crippen LogP contribution is 2.26. The minimum absolute atomic E-state index is 0.345. The van der Waals surface area contributed by atoms with Crippen molar-refractivity contribution in [3.8, 4) is 0 Å². The van der Waals surface area contributed by atoms with E-state index in [1.54, 1.807) is 17.3 Å². The number of benzene rings is 1. The van der Waals surface area contributed by atoms with Crippen LogP contribution < -0.4 is 5.73 Å². The first-order valence-corrected chi connectivity index (χ1v) is 8.78. The van der Waals surface area contributed by atoms with Crippen molar-refractivity contribution in [1.82, 2.24) is 9.21 Å². The molecular weight excluding hydrogens is 286 g/mol. The fourth-order valence-electron chi connectivity index (χ4n) is 2.72. The number of piperazine rings is 1. The summed E-state index contributed by atoms with van der Waals surface area (Å²) in [7, 11) is -3.46. The van der Waals surface area contributed by atoms with Crippen LogP contribution in [0.5, 0.6) is 0 Å². The third-order valence-corrected chi connectivity index (χ3v) is 6.19. The van der Waals surface area contributed by atoms with Crippen molar-refractivity contribution < 1.29 is 8.42 Å². The predicted octanol–water partition coefficient (Wildman–Crippen LogP) is 1.60. The normalized spacial score (nSPS) is 18.3. The van der Waals surface area contributed by atoms with E-state index in [1.807, 2.05) is 13.0 Å². The summed E-state index contributed by atoms with van der Waals surface area (Å²) in [5.41, 5.74) is 7.97. The van der Waals surface area contributed by atoms with E-state index in [4.69, 9.17) is 5.73 Å². The van der Waals surface area contributed by atoms with Gasteiger partial charge < -0.3 is 5.73 Å². The molecule has 0 aliphatic carbocycles. The quantitative estimate of drug-likeness (QED) is 0.861. The molecule has 1 fully saturated rings. The first kappa shape index (κ1) is 16.3. The summed E-state index contributed by atoms with van der Waals surface area (Å²) in [6.07, 6.45) is 0. The molecule has 1 saturated heterocycles. The van der Waals surface area contributed by atoms with Gasteiger partial charge in [-0.15, -0.1) is 0 Å². The number of nitrogens with zero attached hydrogens (tertiary/aromatic N) is 2. The molecule has 1 aromatic rings. The van der Waals surface area contributed by atoms with E-state index < -0.39 is 10.0 Å². The highest BCUT2D eigenvalue weighted by molar-refractivity contribution is 7.89. The van der Waals surface area contributed by atoms with Gasteiger partial charge in [0, 0.05) is 37.9 Å². The molecule has 118 valence electrons. The van der Waals surface area contributed by atoms with Gasteiger partial charge in [-0.1, -0.05) is 0 Å². The van der Waals surface area contributed by atoms with Gasteiger partial charge in [0.1, 0.15) is 0 Å². The monoisotopic (exact) mass is 311 g/mol. The number of rotatable bonds is 3. The van der Waals surface area contributed by atoms with Crippen LogP contribution in [0.4, 0.5) is 5.69 Å². The van der Waals surface area contributed by atoms with Gasteiger partial charge in [0.25, 0.3) is 0 Å². The molecule has 0 unspecified atom stereocenters. The van der Waals surface area contributed by atoms with Crippen molar-refractivity contribution >= 4 is 15.7 Å². The third kappa shape index (κ3) is 3.22. The maximum absolute atomic E-state index is 12.8. The van der Waals surface area contributed by atoms with Crippen LogP contribution in [0.2, 0.25) is 0 Å². The van der Waals surface area contributed by atoms with Crippen LogP contribution in [0.15, 0.2) is 17.0 Å². The number of anilines is 1. The van der Waals surface area contributed by atoms with Crippen molar-refractivity contribution in [1.29, 1.82) is 0 Å². The lowest BCUT2D eigenvalue weighted by atomic mass is 10.1. The Kier molecular flexibility index (Phi) is 4.60. The summed E-state index contributed by atoms with van der Waals surface area (Å²) in [6.45, 7) is 10.5. The van der Waals surface area contributed by atoms with Crippen LogP contribution in [-0.2, 0) is 10.0 Å². The van der Waals surface area contributed by atoms with Gasteiger partial charge in [-0.2, -0.15) is 4.31 Å². The molecule has 0 atom stereocenters. The first-order valence-electron chi connectivity index (χ1n) is 7.34. The topological polar surface area (TPSA) is 66.6 Å². The number of nitrogens with two attached hydrogens (primary N) is 1. The standard InChI is InChI=1S/C15H25N3O2S/c1-11(2)17-5-7-18(8-6-17)21(19,20)15-10-12(3)9-14(16)13(15)4/h9-11H,5-8,16H2,1-4H3. The minimum atomic E-state index is -3.46. The zero-order chi connectivity index (χ0) is 15.8. The van der Waals surface area contributed by atoms with Crippen LogP contribution >= 0.6 is 0 Å². The smallest absolute Gasteiger partial charge is 0.243 e. The van der Waals surface area contributed by atoms with Gasteiger partial charge in [-0.3, -0.25) is 4.90 Å². The summed E-state index contributed by atoms with van der Waals surface area (Å²) in [4.78, 5) is 2.64. The Balaban J connectivity index is 2.28. The summed E-state index contributed by atoms with van der Waals surface area (Å²) in [5, 5.41) is 0. The predicted molar refractivity (Wildman–Crippen MR) is 85.8 cm³/mol. The van der Waals surface area contributed by atoms with Crippen LogP contribution in [-0.4, -0.2) is 49.8 Å². The second-order valence-corrected chi connectivity index (χ2v) is 7.92. The van der Waals surface area contributed by atoms with Crippen LogP contribution in [0.1, 0.15) is 25.0 Å². The van der Waals surface area contributed by atoms with E-state index in [2.05, 4.69) is 18.7 Å². The van der Waals surface area contributed by atoms with E-state index in [-0.39, 0.29) is 0 Å². The Hall–Kier alpha value is -1.11. The molecule has 6 heteroatoms. The average Bonchev–Trinajstić information content (AvgIpc) is 2.42. The number of aryl methyl sites for hydroxylation is 1. The van der Waals surface area contributed by atoms with Crippen molar-refractivity contribution in [3.63, 3.8) is 0 Å². The molecule has 0 radical (unpaired) electrons. The van der Waals surface area contributed by atoms with E-state index in [9.17, 15) is 8.42 Å². The molecule has 0 bridgehead atoms. The maximum Gasteiger partial charge on any atom is 0.243 e. The fraction of sp³-hybridized carbons (Fsp3) is 0.600. The van der Waals surface area contributed by atoms with Gasteiger partial charge in [0.15, 0.2) is 0 Å². The SMILES string of the molecule is Cc1cc(N)c(C)c(S(=O)(=O)N2CCN(C(C)C)CC2)c1. The van der Waals surface area contributed by atoms with Gasteiger partial charge in [-0.25, -0.2) is 8.42 Å². The van der Waals surface area contributed by atoms with E-state index in [0.29, 0.717) is 35.3 Å². The summed E-state index contributed by atoms with van der Waals surface area (Å²) >= 11 is 0.